The SMILES string of the molecule is CCCCCCCCCCc1ccc(-c2noc(CNC(=O)CC(O)CN)n2)cc1. The first-order chi connectivity index (χ1) is 14.6. The molecule has 7 nitrogen and oxygen atoms in total. The number of carbonyl (C=O) groups excluding carboxylic acids is 1. The maximum Gasteiger partial charge on any atom is 0.246 e. The molecule has 0 aliphatic heterocycles. The van der Waals surface area contributed by atoms with Crippen molar-refractivity contribution in [3.8, 4) is 11.4 Å². The van der Waals surface area contributed by atoms with E-state index in [0.29, 0.717) is 11.7 Å². The van der Waals surface area contributed by atoms with Crippen LogP contribution < -0.4 is 11.1 Å². The third-order valence-electron chi connectivity index (χ3n) is 5.13. The number of aryl methyl sites for hydroxylation is 1. The van der Waals surface area contributed by atoms with Crippen molar-refractivity contribution in [2.75, 3.05) is 6.54 Å². The van der Waals surface area contributed by atoms with Gasteiger partial charge in [-0.2, -0.15) is 4.98 Å². The van der Waals surface area contributed by atoms with E-state index in [1.807, 2.05) is 12.1 Å². The lowest BCUT2D eigenvalue weighted by Crippen LogP contribution is -2.30. The van der Waals surface area contributed by atoms with Crippen molar-refractivity contribution in [3.05, 3.63) is 35.7 Å². The Labute approximate surface area is 179 Å². The second-order valence-corrected chi connectivity index (χ2v) is 7.80. The van der Waals surface area contributed by atoms with Crippen molar-refractivity contribution < 1.29 is 14.4 Å². The summed E-state index contributed by atoms with van der Waals surface area (Å²) in [6, 6.07) is 8.24. The van der Waals surface area contributed by atoms with Crippen LogP contribution in [-0.2, 0) is 17.8 Å². The van der Waals surface area contributed by atoms with E-state index in [1.165, 1.54) is 56.9 Å². The molecule has 1 atom stereocenters. The molecule has 4 N–H and O–H groups in total. The van der Waals surface area contributed by atoms with Crippen LogP contribution in [0.25, 0.3) is 11.4 Å². The van der Waals surface area contributed by atoms with Crippen LogP contribution in [0.1, 0.15) is 76.2 Å². The molecule has 1 heterocycles. The second kappa shape index (κ2) is 13.9. The molecular formula is C23H36N4O3. The van der Waals surface area contributed by atoms with Crippen LogP contribution in [0.4, 0.5) is 0 Å². The molecule has 7 heteroatoms. The molecule has 1 aromatic heterocycles. The van der Waals surface area contributed by atoms with E-state index >= 15 is 0 Å². The number of hydrogen-bond donors (Lipinski definition) is 3. The number of aliphatic hydroxyl groups excluding tert-OH is 1. The summed E-state index contributed by atoms with van der Waals surface area (Å²) >= 11 is 0. The molecule has 2 rings (SSSR count). The Bertz CT molecular complexity index is 730. The van der Waals surface area contributed by atoms with Crippen molar-refractivity contribution in [1.82, 2.24) is 15.5 Å². The van der Waals surface area contributed by atoms with Gasteiger partial charge in [0.2, 0.25) is 17.6 Å². The van der Waals surface area contributed by atoms with Gasteiger partial charge in [0.05, 0.1) is 19.1 Å². The average Bonchev–Trinajstić information content (AvgIpc) is 3.23. The van der Waals surface area contributed by atoms with E-state index in [2.05, 4.69) is 34.5 Å². The van der Waals surface area contributed by atoms with Gasteiger partial charge in [-0.3, -0.25) is 4.79 Å². The number of rotatable bonds is 15. The number of unbranched alkanes of at least 4 members (excludes halogenated alkanes) is 7. The number of nitrogens with zero attached hydrogens (tertiary/aromatic N) is 2. The Morgan fingerprint density at radius 2 is 1.77 bits per heavy atom. The van der Waals surface area contributed by atoms with E-state index in [4.69, 9.17) is 10.3 Å². The fraction of sp³-hybridized carbons (Fsp3) is 0.609. The van der Waals surface area contributed by atoms with Gasteiger partial charge >= 0.3 is 0 Å². The molecule has 166 valence electrons. The lowest BCUT2D eigenvalue weighted by molar-refractivity contribution is -0.123. The molecule has 0 saturated carbocycles. The number of benzene rings is 1. The topological polar surface area (TPSA) is 114 Å². The Balaban J connectivity index is 1.70. The lowest BCUT2D eigenvalue weighted by Gasteiger charge is -2.06. The number of aliphatic hydroxyl groups is 1. The molecule has 0 saturated heterocycles. The minimum absolute atomic E-state index is 0.0438. The predicted octanol–water partition coefficient (Wildman–Crippen LogP) is 3.75. The summed E-state index contributed by atoms with van der Waals surface area (Å²) in [7, 11) is 0. The molecule has 0 fully saturated rings. The number of carbonyl (C=O) groups is 1. The molecule has 0 spiro atoms. The number of amides is 1. The smallest absolute Gasteiger partial charge is 0.246 e. The Kier molecular flexibility index (Phi) is 11.1. The Morgan fingerprint density at radius 3 is 2.43 bits per heavy atom. The second-order valence-electron chi connectivity index (χ2n) is 7.80. The quantitative estimate of drug-likeness (QED) is 0.381. The fourth-order valence-corrected chi connectivity index (χ4v) is 3.27. The molecule has 0 aliphatic carbocycles. The van der Waals surface area contributed by atoms with Crippen LogP contribution in [-0.4, -0.2) is 33.8 Å². The summed E-state index contributed by atoms with van der Waals surface area (Å²) in [5.41, 5.74) is 7.50. The predicted molar refractivity (Wildman–Crippen MR) is 118 cm³/mol. The minimum atomic E-state index is -0.840. The molecule has 0 radical (unpaired) electrons. The highest BCUT2D eigenvalue weighted by molar-refractivity contribution is 5.76. The van der Waals surface area contributed by atoms with Crippen LogP contribution >= 0.6 is 0 Å². The largest absolute Gasteiger partial charge is 0.391 e. The summed E-state index contributed by atoms with van der Waals surface area (Å²) < 4.78 is 5.19. The maximum atomic E-state index is 11.7. The zero-order valence-electron chi connectivity index (χ0n) is 18.1. The summed E-state index contributed by atoms with van der Waals surface area (Å²) in [5, 5.41) is 16.0. The molecule has 1 unspecified atom stereocenters. The zero-order chi connectivity index (χ0) is 21.6. The minimum Gasteiger partial charge on any atom is -0.391 e. The van der Waals surface area contributed by atoms with Crippen molar-refractivity contribution in [2.24, 2.45) is 5.73 Å². The van der Waals surface area contributed by atoms with Gasteiger partial charge in [-0.05, 0) is 18.4 Å². The van der Waals surface area contributed by atoms with E-state index in [-0.39, 0.29) is 25.4 Å². The summed E-state index contributed by atoms with van der Waals surface area (Å²) in [6.45, 7) is 2.42. The summed E-state index contributed by atoms with van der Waals surface area (Å²) in [4.78, 5) is 16.0. The molecule has 1 amide bonds. The van der Waals surface area contributed by atoms with Gasteiger partial charge in [0.15, 0.2) is 0 Å². The molecule has 0 bridgehead atoms. The van der Waals surface area contributed by atoms with Crippen LogP contribution in [0.5, 0.6) is 0 Å². The van der Waals surface area contributed by atoms with Gasteiger partial charge in [-0.1, -0.05) is 81.3 Å². The van der Waals surface area contributed by atoms with Gasteiger partial charge in [0.1, 0.15) is 0 Å². The van der Waals surface area contributed by atoms with Gasteiger partial charge in [0.25, 0.3) is 0 Å². The number of nitrogens with two attached hydrogens (primary N) is 1. The van der Waals surface area contributed by atoms with E-state index in [1.54, 1.807) is 0 Å². The van der Waals surface area contributed by atoms with Gasteiger partial charge in [-0.25, -0.2) is 0 Å². The number of nitrogens with one attached hydrogen (secondary N) is 1. The highest BCUT2D eigenvalue weighted by atomic mass is 16.5. The third-order valence-corrected chi connectivity index (χ3v) is 5.13. The van der Waals surface area contributed by atoms with Crippen molar-refractivity contribution in [2.45, 2.75) is 83.8 Å². The molecule has 2 aromatic rings. The van der Waals surface area contributed by atoms with Crippen molar-refractivity contribution >= 4 is 5.91 Å². The van der Waals surface area contributed by atoms with Crippen molar-refractivity contribution in [1.29, 1.82) is 0 Å². The average molecular weight is 417 g/mol. The maximum absolute atomic E-state index is 11.7. The number of hydrogen-bond acceptors (Lipinski definition) is 6. The van der Waals surface area contributed by atoms with Crippen LogP contribution in [0.3, 0.4) is 0 Å². The Morgan fingerprint density at radius 1 is 1.10 bits per heavy atom. The number of aromatic nitrogens is 2. The highest BCUT2D eigenvalue weighted by Crippen LogP contribution is 2.18. The van der Waals surface area contributed by atoms with Crippen LogP contribution in [0.2, 0.25) is 0 Å². The monoisotopic (exact) mass is 416 g/mol. The van der Waals surface area contributed by atoms with Gasteiger partial charge < -0.3 is 20.7 Å². The van der Waals surface area contributed by atoms with Crippen molar-refractivity contribution in [3.63, 3.8) is 0 Å². The fourth-order valence-electron chi connectivity index (χ4n) is 3.27. The van der Waals surface area contributed by atoms with E-state index in [9.17, 15) is 9.90 Å². The summed E-state index contributed by atoms with van der Waals surface area (Å²) in [6.07, 6.45) is 10.8. The first-order valence-corrected chi connectivity index (χ1v) is 11.2. The molecule has 30 heavy (non-hydrogen) atoms. The van der Waals surface area contributed by atoms with E-state index < -0.39 is 6.10 Å². The standard InChI is InChI=1S/C23H36N4O3/c1-2-3-4-5-6-7-8-9-10-18-11-13-19(14-12-18)23-26-22(30-27-23)17-25-21(29)15-20(28)16-24/h11-14,20,28H,2-10,15-17,24H2,1H3,(H,25,29). The Hall–Kier alpha value is -2.25. The highest BCUT2D eigenvalue weighted by Gasteiger charge is 2.12. The first kappa shape index (κ1) is 24.0. The van der Waals surface area contributed by atoms with Gasteiger partial charge in [-0.15, -0.1) is 0 Å². The third kappa shape index (κ3) is 9.05. The lowest BCUT2D eigenvalue weighted by atomic mass is 10.0. The summed E-state index contributed by atoms with van der Waals surface area (Å²) in [5.74, 6) is 0.515. The van der Waals surface area contributed by atoms with Crippen LogP contribution in [0.15, 0.2) is 28.8 Å². The molecule has 1 aromatic carbocycles. The zero-order valence-corrected chi connectivity index (χ0v) is 18.1. The molecule has 0 aliphatic rings. The first-order valence-electron chi connectivity index (χ1n) is 11.2. The molecular weight excluding hydrogens is 380 g/mol. The van der Waals surface area contributed by atoms with Gasteiger partial charge in [0, 0.05) is 12.1 Å². The van der Waals surface area contributed by atoms with Crippen LogP contribution in [0, 0.1) is 0 Å². The normalized spacial score (nSPS) is 12.1. The van der Waals surface area contributed by atoms with E-state index in [0.717, 1.165) is 12.0 Å².